The Kier molecular flexibility index (Phi) is 4.49. The fourth-order valence-corrected chi connectivity index (χ4v) is 2.56. The van der Waals surface area contributed by atoms with Gasteiger partial charge < -0.3 is 5.32 Å². The summed E-state index contributed by atoms with van der Waals surface area (Å²) < 4.78 is 1.98. The largest absolute Gasteiger partial charge is 0.302 e. The van der Waals surface area contributed by atoms with Gasteiger partial charge in [0.25, 0.3) is 0 Å². The molecule has 2 rings (SSSR count). The third-order valence-corrected chi connectivity index (χ3v) is 3.83. The molecule has 1 N–H and O–H groups in total. The molecule has 2 heterocycles. The maximum absolute atomic E-state index is 4.32. The highest BCUT2D eigenvalue weighted by Gasteiger charge is 2.09. The van der Waals surface area contributed by atoms with E-state index in [0.717, 1.165) is 18.9 Å². The number of hydrogen-bond acceptors (Lipinski definition) is 4. The number of aromatic nitrogens is 3. The summed E-state index contributed by atoms with van der Waals surface area (Å²) in [6.07, 6.45) is 1.63. The van der Waals surface area contributed by atoms with Gasteiger partial charge in [-0.1, -0.05) is 19.9 Å². The van der Waals surface area contributed by atoms with E-state index in [2.05, 4.69) is 53.7 Å². The molecule has 0 bridgehead atoms. The minimum atomic E-state index is 0.356. The Morgan fingerprint density at radius 1 is 1.39 bits per heavy atom. The first-order valence-electron chi connectivity index (χ1n) is 6.30. The molecule has 2 aromatic heterocycles. The predicted molar refractivity (Wildman–Crippen MR) is 74.4 cm³/mol. The second-order valence-corrected chi connectivity index (χ2v) is 5.85. The highest BCUT2D eigenvalue weighted by molar-refractivity contribution is 7.10. The van der Waals surface area contributed by atoms with Crippen LogP contribution < -0.4 is 5.32 Å². The molecule has 0 amide bonds. The normalized spacial score (nSPS) is 13.1. The summed E-state index contributed by atoms with van der Waals surface area (Å²) in [5.41, 5.74) is 0. The predicted octanol–water partition coefficient (Wildman–Crippen LogP) is 2.85. The summed E-state index contributed by atoms with van der Waals surface area (Å²) in [5, 5.41) is 9.86. The average molecular weight is 264 g/mol. The van der Waals surface area contributed by atoms with Crippen LogP contribution in [0.15, 0.2) is 23.8 Å². The van der Waals surface area contributed by atoms with Crippen molar-refractivity contribution in [2.45, 2.75) is 39.9 Å². The van der Waals surface area contributed by atoms with E-state index < -0.39 is 0 Å². The van der Waals surface area contributed by atoms with Crippen LogP contribution in [0.1, 0.15) is 37.5 Å². The van der Waals surface area contributed by atoms with Gasteiger partial charge in [0.15, 0.2) is 0 Å². The molecule has 18 heavy (non-hydrogen) atoms. The Hall–Kier alpha value is -1.20. The summed E-state index contributed by atoms with van der Waals surface area (Å²) in [6.45, 7) is 8.23. The van der Waals surface area contributed by atoms with Crippen molar-refractivity contribution in [3.63, 3.8) is 0 Å². The van der Waals surface area contributed by atoms with Gasteiger partial charge in [-0.05, 0) is 24.3 Å². The van der Waals surface area contributed by atoms with Gasteiger partial charge in [-0.3, -0.25) is 0 Å². The van der Waals surface area contributed by atoms with Crippen molar-refractivity contribution < 1.29 is 0 Å². The van der Waals surface area contributed by atoms with E-state index in [1.165, 1.54) is 4.88 Å². The third kappa shape index (κ3) is 3.40. The number of thiophene rings is 1. The van der Waals surface area contributed by atoms with Gasteiger partial charge in [0.05, 0.1) is 6.54 Å². The number of hydrogen-bond donors (Lipinski definition) is 1. The highest BCUT2D eigenvalue weighted by atomic mass is 32.1. The molecule has 0 radical (unpaired) electrons. The zero-order chi connectivity index (χ0) is 13.0. The van der Waals surface area contributed by atoms with Crippen molar-refractivity contribution in [3.05, 3.63) is 34.5 Å². The van der Waals surface area contributed by atoms with Crippen molar-refractivity contribution in [2.75, 3.05) is 0 Å². The Morgan fingerprint density at radius 3 is 2.89 bits per heavy atom. The van der Waals surface area contributed by atoms with Crippen LogP contribution in [0.3, 0.4) is 0 Å². The molecule has 0 aliphatic carbocycles. The van der Waals surface area contributed by atoms with E-state index in [1.807, 2.05) is 4.68 Å². The summed E-state index contributed by atoms with van der Waals surface area (Å²) in [4.78, 5) is 5.67. The lowest BCUT2D eigenvalue weighted by Crippen LogP contribution is -2.21. The van der Waals surface area contributed by atoms with Gasteiger partial charge in [0, 0.05) is 17.5 Å². The highest BCUT2D eigenvalue weighted by Crippen LogP contribution is 2.18. The second kappa shape index (κ2) is 6.11. The fourth-order valence-electron chi connectivity index (χ4n) is 1.81. The van der Waals surface area contributed by atoms with Crippen LogP contribution in [0.5, 0.6) is 0 Å². The molecule has 98 valence electrons. The number of nitrogens with zero attached hydrogens (tertiary/aromatic N) is 3. The minimum Gasteiger partial charge on any atom is -0.302 e. The lowest BCUT2D eigenvalue weighted by molar-refractivity contribution is 0.450. The Balaban J connectivity index is 1.92. The average Bonchev–Trinajstić information content (AvgIpc) is 2.95. The van der Waals surface area contributed by atoms with E-state index >= 15 is 0 Å². The van der Waals surface area contributed by atoms with Gasteiger partial charge in [-0.15, -0.1) is 11.3 Å². The summed E-state index contributed by atoms with van der Waals surface area (Å²) in [7, 11) is 0. The monoisotopic (exact) mass is 264 g/mol. The maximum atomic E-state index is 4.32. The number of nitrogens with one attached hydrogen (secondary N) is 1. The molecule has 0 aromatic carbocycles. The quantitative estimate of drug-likeness (QED) is 0.872. The maximum Gasteiger partial charge on any atom is 0.140 e. The standard InChI is InChI=1S/C13H20N4S/c1-10(2)8-17-13(15-9-16-17)7-14-11(3)12-5-4-6-18-12/h4-6,9-11,14H,7-8H2,1-3H3. The van der Waals surface area contributed by atoms with Gasteiger partial charge in [0.2, 0.25) is 0 Å². The van der Waals surface area contributed by atoms with Crippen molar-refractivity contribution in [2.24, 2.45) is 5.92 Å². The molecule has 0 aliphatic rings. The number of rotatable bonds is 6. The molecule has 1 unspecified atom stereocenters. The fraction of sp³-hybridized carbons (Fsp3) is 0.538. The van der Waals surface area contributed by atoms with Gasteiger partial charge in [0.1, 0.15) is 12.2 Å². The van der Waals surface area contributed by atoms with Crippen LogP contribution in [-0.4, -0.2) is 14.8 Å². The van der Waals surface area contributed by atoms with Gasteiger partial charge in [-0.25, -0.2) is 9.67 Å². The minimum absolute atomic E-state index is 0.356. The van der Waals surface area contributed by atoms with E-state index in [0.29, 0.717) is 12.0 Å². The van der Waals surface area contributed by atoms with Crippen molar-refractivity contribution in [3.8, 4) is 0 Å². The topological polar surface area (TPSA) is 42.7 Å². The van der Waals surface area contributed by atoms with Crippen molar-refractivity contribution in [1.82, 2.24) is 20.1 Å². The first-order valence-corrected chi connectivity index (χ1v) is 7.18. The first-order chi connectivity index (χ1) is 8.66. The summed E-state index contributed by atoms with van der Waals surface area (Å²) >= 11 is 1.78. The van der Waals surface area contributed by atoms with Gasteiger partial charge >= 0.3 is 0 Å². The Bertz CT molecular complexity index is 461. The van der Waals surface area contributed by atoms with Crippen LogP contribution in [0.4, 0.5) is 0 Å². The van der Waals surface area contributed by atoms with E-state index in [1.54, 1.807) is 17.7 Å². The molecule has 0 fully saturated rings. The van der Waals surface area contributed by atoms with Crippen LogP contribution in [-0.2, 0) is 13.1 Å². The van der Waals surface area contributed by atoms with Crippen LogP contribution >= 0.6 is 11.3 Å². The van der Waals surface area contributed by atoms with Crippen LogP contribution in [0, 0.1) is 5.92 Å². The van der Waals surface area contributed by atoms with Crippen molar-refractivity contribution >= 4 is 11.3 Å². The van der Waals surface area contributed by atoms with E-state index in [9.17, 15) is 0 Å². The SMILES string of the molecule is CC(C)Cn1ncnc1CNC(C)c1cccs1. The smallest absolute Gasteiger partial charge is 0.140 e. The van der Waals surface area contributed by atoms with E-state index in [-0.39, 0.29) is 0 Å². The Morgan fingerprint density at radius 2 is 2.22 bits per heavy atom. The van der Waals surface area contributed by atoms with Crippen LogP contribution in [0.2, 0.25) is 0 Å². The Labute approximate surface area is 112 Å². The summed E-state index contributed by atoms with van der Waals surface area (Å²) in [6, 6.07) is 4.59. The molecule has 2 aromatic rings. The second-order valence-electron chi connectivity index (χ2n) is 4.87. The molecular weight excluding hydrogens is 244 g/mol. The zero-order valence-electron chi connectivity index (χ0n) is 11.1. The zero-order valence-corrected chi connectivity index (χ0v) is 11.9. The molecular formula is C13H20N4S. The lowest BCUT2D eigenvalue weighted by Gasteiger charge is -2.13. The molecule has 5 heteroatoms. The van der Waals surface area contributed by atoms with E-state index in [4.69, 9.17) is 0 Å². The van der Waals surface area contributed by atoms with Crippen molar-refractivity contribution in [1.29, 1.82) is 0 Å². The molecule has 1 atom stereocenters. The molecule has 0 aliphatic heterocycles. The molecule has 4 nitrogen and oxygen atoms in total. The molecule has 0 saturated heterocycles. The summed E-state index contributed by atoms with van der Waals surface area (Å²) in [5.74, 6) is 1.59. The third-order valence-electron chi connectivity index (χ3n) is 2.77. The molecule has 0 spiro atoms. The van der Waals surface area contributed by atoms with Gasteiger partial charge in [-0.2, -0.15) is 5.10 Å². The molecule has 0 saturated carbocycles. The van der Waals surface area contributed by atoms with Crippen LogP contribution in [0.25, 0.3) is 0 Å². The lowest BCUT2D eigenvalue weighted by atomic mass is 10.2. The first kappa shape index (κ1) is 13.2.